The molecule has 1 aromatic rings. The van der Waals surface area contributed by atoms with Crippen molar-refractivity contribution < 1.29 is 14.0 Å². The number of rotatable bonds is 3. The molecule has 3 heterocycles. The number of hydrogen-bond donors (Lipinski definition) is 1. The molecule has 0 spiro atoms. The van der Waals surface area contributed by atoms with E-state index in [9.17, 15) is 5.26 Å². The zero-order chi connectivity index (χ0) is 17.4. The lowest BCUT2D eigenvalue weighted by Crippen LogP contribution is -2.41. The van der Waals surface area contributed by atoms with Gasteiger partial charge in [0.1, 0.15) is 11.9 Å². The predicted molar refractivity (Wildman–Crippen MR) is 92.1 cm³/mol. The first-order chi connectivity index (χ1) is 11.3. The van der Waals surface area contributed by atoms with Gasteiger partial charge in [0.05, 0.1) is 29.4 Å². The first-order valence-electron chi connectivity index (χ1n) is 8.42. The number of ether oxygens (including phenoxy) is 1. The van der Waals surface area contributed by atoms with Crippen molar-refractivity contribution in [2.45, 2.75) is 57.8 Å². The Hall–Kier alpha value is -1.62. The first kappa shape index (κ1) is 17.2. The van der Waals surface area contributed by atoms with Crippen molar-refractivity contribution in [3.63, 3.8) is 0 Å². The fourth-order valence-corrected chi connectivity index (χ4v) is 2.84. The van der Waals surface area contributed by atoms with E-state index in [1.807, 2.05) is 27.7 Å². The van der Waals surface area contributed by atoms with Gasteiger partial charge in [-0.3, -0.25) is 0 Å². The summed E-state index contributed by atoms with van der Waals surface area (Å²) in [5.74, 6) is 0.591. The van der Waals surface area contributed by atoms with Crippen LogP contribution in [-0.2, 0) is 14.0 Å². The quantitative estimate of drug-likeness (QED) is 0.853. The smallest absolute Gasteiger partial charge is 0.399 e. The minimum Gasteiger partial charge on any atom is -0.399 e. The van der Waals surface area contributed by atoms with Crippen LogP contribution in [0.5, 0.6) is 0 Å². The summed E-state index contributed by atoms with van der Waals surface area (Å²) in [5.41, 5.74) is 0.421. The number of aromatic nitrogens is 1. The first-order valence-corrected chi connectivity index (χ1v) is 8.42. The Morgan fingerprint density at radius 2 is 2.00 bits per heavy atom. The van der Waals surface area contributed by atoms with E-state index in [0.29, 0.717) is 18.0 Å². The third kappa shape index (κ3) is 3.27. The lowest BCUT2D eigenvalue weighted by molar-refractivity contribution is 0.00578. The van der Waals surface area contributed by atoms with Crippen molar-refractivity contribution in [3.05, 3.63) is 17.8 Å². The van der Waals surface area contributed by atoms with Gasteiger partial charge in [0.15, 0.2) is 0 Å². The van der Waals surface area contributed by atoms with Crippen molar-refractivity contribution in [2.75, 3.05) is 18.5 Å². The Morgan fingerprint density at radius 1 is 1.29 bits per heavy atom. The summed E-state index contributed by atoms with van der Waals surface area (Å²) < 4.78 is 17.5. The molecular formula is C17H24BN3O3. The summed E-state index contributed by atoms with van der Waals surface area (Å²) in [6.45, 7) is 9.47. The van der Waals surface area contributed by atoms with Crippen LogP contribution in [0.2, 0.25) is 0 Å². The van der Waals surface area contributed by atoms with E-state index in [0.717, 1.165) is 24.9 Å². The van der Waals surface area contributed by atoms with Gasteiger partial charge in [-0.1, -0.05) is 0 Å². The summed E-state index contributed by atoms with van der Waals surface area (Å²) in [4.78, 5) is 4.43. The van der Waals surface area contributed by atoms with Crippen LogP contribution >= 0.6 is 0 Å². The molecule has 0 aliphatic carbocycles. The van der Waals surface area contributed by atoms with E-state index >= 15 is 0 Å². The van der Waals surface area contributed by atoms with Crippen LogP contribution in [0.15, 0.2) is 12.3 Å². The third-order valence-electron chi connectivity index (χ3n) is 5.06. The molecule has 2 aliphatic heterocycles. The summed E-state index contributed by atoms with van der Waals surface area (Å²) in [5, 5.41) is 12.8. The Bertz CT molecular complexity index is 635. The zero-order valence-corrected chi connectivity index (χ0v) is 14.8. The topological polar surface area (TPSA) is 76.4 Å². The van der Waals surface area contributed by atoms with Crippen molar-refractivity contribution in [1.29, 1.82) is 5.26 Å². The van der Waals surface area contributed by atoms with E-state index in [4.69, 9.17) is 14.0 Å². The minimum atomic E-state index is -0.512. The average molecular weight is 329 g/mol. The van der Waals surface area contributed by atoms with Crippen molar-refractivity contribution in [3.8, 4) is 6.07 Å². The highest BCUT2D eigenvalue weighted by Gasteiger charge is 2.51. The van der Waals surface area contributed by atoms with Crippen molar-refractivity contribution in [2.24, 2.45) is 0 Å². The number of nitriles is 1. The summed E-state index contributed by atoms with van der Waals surface area (Å²) in [6, 6.07) is 4.20. The Kier molecular flexibility index (Phi) is 4.56. The second kappa shape index (κ2) is 6.36. The third-order valence-corrected chi connectivity index (χ3v) is 5.06. The molecule has 128 valence electrons. The number of anilines is 1. The highest BCUT2D eigenvalue weighted by molar-refractivity contribution is 6.62. The fraction of sp³-hybridized carbons (Fsp3) is 0.647. The highest BCUT2D eigenvalue weighted by atomic mass is 16.7. The van der Waals surface area contributed by atoms with Crippen LogP contribution in [0.25, 0.3) is 0 Å². The Labute approximate surface area is 143 Å². The molecule has 0 saturated carbocycles. The largest absolute Gasteiger partial charge is 0.496 e. The predicted octanol–water partition coefficient (Wildman–Crippen LogP) is 1.84. The standard InChI is InChI=1S/C17H24BN3O3/c1-16(2)17(3,4)24-18(23-16)13-8-12(9-19)15(20-10-13)21-14-6-5-7-22-11-14/h8,10,14H,5-7,11H2,1-4H3,(H,20,21). The molecule has 6 nitrogen and oxygen atoms in total. The summed E-state index contributed by atoms with van der Waals surface area (Å²) >= 11 is 0. The zero-order valence-electron chi connectivity index (χ0n) is 14.8. The fourth-order valence-electron chi connectivity index (χ4n) is 2.84. The lowest BCUT2D eigenvalue weighted by atomic mass is 9.79. The minimum absolute atomic E-state index is 0.195. The average Bonchev–Trinajstić information content (AvgIpc) is 2.77. The van der Waals surface area contributed by atoms with Gasteiger partial charge in [-0.15, -0.1) is 0 Å². The summed E-state index contributed by atoms with van der Waals surface area (Å²) in [6.07, 6.45) is 3.76. The van der Waals surface area contributed by atoms with E-state index in [1.165, 1.54) is 0 Å². The lowest BCUT2D eigenvalue weighted by Gasteiger charge is -2.32. The molecule has 1 N–H and O–H groups in total. The van der Waals surface area contributed by atoms with Crippen molar-refractivity contribution >= 4 is 18.4 Å². The van der Waals surface area contributed by atoms with Gasteiger partial charge < -0.3 is 19.4 Å². The molecular weight excluding hydrogens is 305 g/mol. The van der Waals surface area contributed by atoms with Crippen LogP contribution in [-0.4, -0.2) is 42.6 Å². The number of pyridine rings is 1. The van der Waals surface area contributed by atoms with Crippen LogP contribution < -0.4 is 10.8 Å². The van der Waals surface area contributed by atoms with Crippen LogP contribution in [0.1, 0.15) is 46.1 Å². The molecule has 0 amide bonds. The Morgan fingerprint density at radius 3 is 2.58 bits per heavy atom. The monoisotopic (exact) mass is 329 g/mol. The van der Waals surface area contributed by atoms with Crippen LogP contribution in [0, 0.1) is 11.3 Å². The van der Waals surface area contributed by atoms with Gasteiger partial charge >= 0.3 is 7.12 Å². The van der Waals surface area contributed by atoms with Crippen molar-refractivity contribution in [1.82, 2.24) is 4.98 Å². The van der Waals surface area contributed by atoms with Gasteiger partial charge in [0, 0.05) is 18.3 Å². The maximum absolute atomic E-state index is 9.48. The van der Waals surface area contributed by atoms with E-state index < -0.39 is 18.3 Å². The second-order valence-corrected chi connectivity index (χ2v) is 7.42. The molecule has 2 fully saturated rings. The summed E-state index contributed by atoms with van der Waals surface area (Å²) in [7, 11) is -0.512. The van der Waals surface area contributed by atoms with Gasteiger partial charge in [-0.25, -0.2) is 4.98 Å². The van der Waals surface area contributed by atoms with E-state index in [-0.39, 0.29) is 6.04 Å². The molecule has 1 aromatic heterocycles. The number of hydrogen-bond acceptors (Lipinski definition) is 6. The van der Waals surface area contributed by atoms with Gasteiger partial charge in [-0.2, -0.15) is 5.26 Å². The van der Waals surface area contributed by atoms with Gasteiger partial charge in [0.25, 0.3) is 0 Å². The number of nitrogens with one attached hydrogen (secondary N) is 1. The molecule has 0 bridgehead atoms. The molecule has 2 aliphatic rings. The molecule has 3 rings (SSSR count). The van der Waals surface area contributed by atoms with Gasteiger partial charge in [0.2, 0.25) is 0 Å². The normalized spacial score (nSPS) is 25.3. The molecule has 2 saturated heterocycles. The number of nitrogens with zero attached hydrogens (tertiary/aromatic N) is 2. The molecule has 0 radical (unpaired) electrons. The SMILES string of the molecule is CC1(C)OB(c2cnc(NC3CCCOC3)c(C#N)c2)OC1(C)C. The molecule has 0 aromatic carbocycles. The molecule has 1 unspecified atom stereocenters. The second-order valence-electron chi connectivity index (χ2n) is 7.42. The van der Waals surface area contributed by atoms with Crippen LogP contribution in [0.3, 0.4) is 0 Å². The maximum atomic E-state index is 9.48. The maximum Gasteiger partial charge on any atom is 0.496 e. The molecule has 24 heavy (non-hydrogen) atoms. The molecule has 1 atom stereocenters. The van der Waals surface area contributed by atoms with E-state index in [2.05, 4.69) is 16.4 Å². The highest BCUT2D eigenvalue weighted by Crippen LogP contribution is 2.36. The van der Waals surface area contributed by atoms with Crippen LogP contribution in [0.4, 0.5) is 5.82 Å². The van der Waals surface area contributed by atoms with E-state index in [1.54, 1.807) is 12.3 Å². The van der Waals surface area contributed by atoms with Gasteiger partial charge in [-0.05, 0) is 46.6 Å². The molecule has 7 heteroatoms. The Balaban J connectivity index is 1.78.